The Hall–Kier alpha value is -2.66. The summed E-state index contributed by atoms with van der Waals surface area (Å²) in [5, 5.41) is 9.00. The minimum atomic E-state index is 0.122. The fourth-order valence-electron chi connectivity index (χ4n) is 2.35. The van der Waals surface area contributed by atoms with Crippen molar-refractivity contribution in [2.75, 3.05) is 6.61 Å². The maximum Gasteiger partial charge on any atom is 0.238 e. The van der Waals surface area contributed by atoms with E-state index in [-0.39, 0.29) is 12.7 Å². The second kappa shape index (κ2) is 7.27. The summed E-state index contributed by atoms with van der Waals surface area (Å²) in [7, 11) is 0. The molecular weight excluding hydrogens is 304 g/mol. The van der Waals surface area contributed by atoms with Crippen molar-refractivity contribution >= 4 is 11.0 Å². The molecule has 3 aromatic rings. The summed E-state index contributed by atoms with van der Waals surface area (Å²) >= 11 is 0. The van der Waals surface area contributed by atoms with Gasteiger partial charge in [-0.1, -0.05) is 6.07 Å². The van der Waals surface area contributed by atoms with Crippen molar-refractivity contribution in [2.45, 2.75) is 26.4 Å². The number of ether oxygens (including phenoxy) is 2. The summed E-state index contributed by atoms with van der Waals surface area (Å²) in [4.78, 5) is 8.85. The number of aliphatic hydroxyl groups excluding tert-OH is 1. The maximum absolute atomic E-state index is 9.00. The van der Waals surface area contributed by atoms with E-state index in [2.05, 4.69) is 9.97 Å². The molecule has 1 heterocycles. The Balaban J connectivity index is 1.76. The monoisotopic (exact) mass is 324 g/mol. The zero-order valence-corrected chi connectivity index (χ0v) is 13.8. The van der Waals surface area contributed by atoms with E-state index in [1.165, 1.54) is 0 Å². The number of nitrogens with zero attached hydrogens (tertiary/aromatic N) is 2. The summed E-state index contributed by atoms with van der Waals surface area (Å²) in [6.07, 6.45) is 2.35. The number of hydrogen-bond acceptors (Lipinski definition) is 5. The molecular formula is C19H20N2O3. The molecule has 0 saturated carbocycles. The average Bonchev–Trinajstić information content (AvgIpc) is 2.57. The number of aliphatic hydroxyl groups is 1. The van der Waals surface area contributed by atoms with Crippen LogP contribution in [0.3, 0.4) is 0 Å². The lowest BCUT2D eigenvalue weighted by molar-refractivity contribution is 0.242. The Bertz CT molecular complexity index is 816. The third-order valence-corrected chi connectivity index (χ3v) is 3.40. The average molecular weight is 324 g/mol. The van der Waals surface area contributed by atoms with E-state index in [4.69, 9.17) is 14.6 Å². The van der Waals surface area contributed by atoms with E-state index in [1.807, 2.05) is 56.3 Å². The van der Waals surface area contributed by atoms with Gasteiger partial charge in [-0.25, -0.2) is 9.97 Å². The fraction of sp³-hybridized carbons (Fsp3) is 0.263. The van der Waals surface area contributed by atoms with Gasteiger partial charge in [0.2, 0.25) is 5.88 Å². The highest BCUT2D eigenvalue weighted by Crippen LogP contribution is 2.24. The van der Waals surface area contributed by atoms with Gasteiger partial charge in [-0.15, -0.1) is 0 Å². The first-order valence-corrected chi connectivity index (χ1v) is 7.95. The fourth-order valence-corrected chi connectivity index (χ4v) is 2.35. The van der Waals surface area contributed by atoms with Crippen molar-refractivity contribution in [1.82, 2.24) is 9.97 Å². The molecule has 3 rings (SSSR count). The molecule has 0 aliphatic heterocycles. The number of hydrogen-bond donors (Lipinski definition) is 1. The number of benzene rings is 2. The van der Waals surface area contributed by atoms with Gasteiger partial charge in [-0.3, -0.25) is 0 Å². The summed E-state index contributed by atoms with van der Waals surface area (Å²) in [5.74, 6) is 1.92. The molecule has 0 radical (unpaired) electrons. The van der Waals surface area contributed by atoms with Crippen LogP contribution in [0.25, 0.3) is 11.0 Å². The Morgan fingerprint density at radius 3 is 2.46 bits per heavy atom. The molecule has 0 bridgehead atoms. The molecule has 5 heteroatoms. The smallest absolute Gasteiger partial charge is 0.238 e. The molecule has 5 nitrogen and oxygen atoms in total. The van der Waals surface area contributed by atoms with Crippen LogP contribution >= 0.6 is 0 Å². The minimum Gasteiger partial charge on any atom is -0.491 e. The van der Waals surface area contributed by atoms with Crippen LogP contribution in [0.2, 0.25) is 0 Å². The van der Waals surface area contributed by atoms with E-state index in [0.29, 0.717) is 18.1 Å². The van der Waals surface area contributed by atoms with Gasteiger partial charge < -0.3 is 14.6 Å². The third-order valence-electron chi connectivity index (χ3n) is 3.40. The lowest BCUT2D eigenvalue weighted by Gasteiger charge is -2.10. The molecule has 0 saturated heterocycles. The van der Waals surface area contributed by atoms with E-state index >= 15 is 0 Å². The topological polar surface area (TPSA) is 64.5 Å². The normalized spacial score (nSPS) is 11.0. The van der Waals surface area contributed by atoms with Gasteiger partial charge in [0.25, 0.3) is 0 Å². The quantitative estimate of drug-likeness (QED) is 0.748. The molecule has 1 N–H and O–H groups in total. The molecule has 0 atom stereocenters. The van der Waals surface area contributed by atoms with Crippen LogP contribution in [-0.2, 0) is 6.42 Å². The van der Waals surface area contributed by atoms with Gasteiger partial charge >= 0.3 is 0 Å². The number of fused-ring (bicyclic) bond motifs is 1. The van der Waals surface area contributed by atoms with Crippen molar-refractivity contribution in [3.8, 4) is 17.4 Å². The Morgan fingerprint density at radius 2 is 1.75 bits per heavy atom. The van der Waals surface area contributed by atoms with Gasteiger partial charge in [-0.2, -0.15) is 0 Å². The first-order chi connectivity index (χ1) is 11.6. The van der Waals surface area contributed by atoms with E-state index in [1.54, 1.807) is 6.20 Å². The largest absolute Gasteiger partial charge is 0.491 e. The Kier molecular flexibility index (Phi) is 4.91. The van der Waals surface area contributed by atoms with Crippen LogP contribution in [0, 0.1) is 0 Å². The number of rotatable bonds is 6. The minimum absolute atomic E-state index is 0.122. The third kappa shape index (κ3) is 4.00. The lowest BCUT2D eigenvalue weighted by Crippen LogP contribution is -2.05. The molecule has 0 spiro atoms. The van der Waals surface area contributed by atoms with Gasteiger partial charge in [0.1, 0.15) is 11.5 Å². The van der Waals surface area contributed by atoms with Gasteiger partial charge in [0.15, 0.2) is 0 Å². The standard InChI is InChI=1S/C19H20N2O3/c1-13(2)23-15-4-6-16(7-5-15)24-19-12-20-18-11-14(9-10-22)3-8-17(18)21-19/h3-8,11-13,22H,9-10H2,1-2H3. The van der Waals surface area contributed by atoms with Gasteiger partial charge in [-0.05, 0) is 62.2 Å². The first-order valence-electron chi connectivity index (χ1n) is 7.95. The van der Waals surface area contributed by atoms with Crippen LogP contribution in [0.4, 0.5) is 0 Å². The van der Waals surface area contributed by atoms with Crippen molar-refractivity contribution in [3.05, 3.63) is 54.2 Å². The van der Waals surface area contributed by atoms with Crippen molar-refractivity contribution in [2.24, 2.45) is 0 Å². The van der Waals surface area contributed by atoms with Crippen LogP contribution in [-0.4, -0.2) is 27.8 Å². The summed E-state index contributed by atoms with van der Waals surface area (Å²) in [5.41, 5.74) is 2.58. The molecule has 0 aliphatic rings. The molecule has 0 unspecified atom stereocenters. The van der Waals surface area contributed by atoms with Crippen molar-refractivity contribution in [1.29, 1.82) is 0 Å². The van der Waals surface area contributed by atoms with Crippen molar-refractivity contribution in [3.63, 3.8) is 0 Å². The number of aromatic nitrogens is 2. The summed E-state index contributed by atoms with van der Waals surface area (Å²) in [6, 6.07) is 13.2. The van der Waals surface area contributed by atoms with Gasteiger partial charge in [0.05, 0.1) is 23.3 Å². The summed E-state index contributed by atoms with van der Waals surface area (Å²) < 4.78 is 11.4. The van der Waals surface area contributed by atoms with Crippen LogP contribution in [0.5, 0.6) is 17.4 Å². The SMILES string of the molecule is CC(C)Oc1ccc(Oc2cnc3cc(CCO)ccc3n2)cc1. The molecule has 1 aromatic heterocycles. The van der Waals surface area contributed by atoms with Crippen LogP contribution in [0.15, 0.2) is 48.7 Å². The highest BCUT2D eigenvalue weighted by atomic mass is 16.5. The molecule has 0 aliphatic carbocycles. The highest BCUT2D eigenvalue weighted by Gasteiger charge is 2.05. The Labute approximate surface area is 140 Å². The van der Waals surface area contributed by atoms with Crippen LogP contribution < -0.4 is 9.47 Å². The summed E-state index contributed by atoms with van der Waals surface area (Å²) in [6.45, 7) is 4.10. The van der Waals surface area contributed by atoms with E-state index in [9.17, 15) is 0 Å². The second-order valence-corrected chi connectivity index (χ2v) is 5.74. The molecule has 0 amide bonds. The van der Waals surface area contributed by atoms with Gasteiger partial charge in [0, 0.05) is 6.61 Å². The molecule has 2 aromatic carbocycles. The predicted octanol–water partition coefficient (Wildman–Crippen LogP) is 3.74. The Morgan fingerprint density at radius 1 is 1.00 bits per heavy atom. The molecule has 24 heavy (non-hydrogen) atoms. The van der Waals surface area contributed by atoms with Crippen molar-refractivity contribution < 1.29 is 14.6 Å². The van der Waals surface area contributed by atoms with E-state index < -0.39 is 0 Å². The molecule has 0 fully saturated rings. The predicted molar refractivity (Wildman–Crippen MR) is 92.6 cm³/mol. The molecule has 124 valence electrons. The lowest BCUT2D eigenvalue weighted by atomic mass is 10.1. The zero-order valence-electron chi connectivity index (χ0n) is 13.8. The van der Waals surface area contributed by atoms with Crippen LogP contribution in [0.1, 0.15) is 19.4 Å². The zero-order chi connectivity index (χ0) is 16.9. The first kappa shape index (κ1) is 16.2. The second-order valence-electron chi connectivity index (χ2n) is 5.74. The maximum atomic E-state index is 9.00. The highest BCUT2D eigenvalue weighted by molar-refractivity contribution is 5.75. The van der Waals surface area contributed by atoms with E-state index in [0.717, 1.165) is 22.3 Å².